The number of aliphatic hydroxyl groups excluding tert-OH is 2. The highest BCUT2D eigenvalue weighted by atomic mass is 16.7. The van der Waals surface area contributed by atoms with Gasteiger partial charge in [-0.3, -0.25) is 4.79 Å². The first-order valence-electron chi connectivity index (χ1n) is 12.6. The van der Waals surface area contributed by atoms with Crippen LogP contribution in [0.1, 0.15) is 68.6 Å². The number of nitrogens with zero attached hydrogens (tertiary/aromatic N) is 1. The Labute approximate surface area is 216 Å². The van der Waals surface area contributed by atoms with Gasteiger partial charge in [0.05, 0.1) is 30.2 Å². The minimum Gasteiger partial charge on any atom is -0.449 e. The number of nitrogens with one attached hydrogen (secondary N) is 1. The standard InChI is InChI=1S/C29H36N2O5.3H2/c1-17-11-20(12-18-13-24(27(2,3)4)31(25(17)18)15-21(33)16-32)30-26(34)29(9-10-29)19-7-8-22-23(14-19)36-28(5,6)35-22;;;/h7-8,11-14,21,32-33H,9-10,15-16H2,1-6H3,(H,30,34);3*1H/t21-;;;/m1.../s1. The third-order valence-electron chi connectivity index (χ3n) is 7.21. The summed E-state index contributed by atoms with van der Waals surface area (Å²) in [6.45, 7) is 12.2. The highest BCUT2D eigenvalue weighted by Crippen LogP contribution is 2.52. The maximum absolute atomic E-state index is 13.5. The quantitative estimate of drug-likeness (QED) is 0.416. The Kier molecular flexibility index (Phi) is 5.65. The molecule has 198 valence electrons. The number of benzene rings is 2. The van der Waals surface area contributed by atoms with Gasteiger partial charge in [0.2, 0.25) is 11.7 Å². The maximum atomic E-state index is 13.5. The molecule has 0 radical (unpaired) electrons. The summed E-state index contributed by atoms with van der Waals surface area (Å²) in [4.78, 5) is 13.5. The fourth-order valence-electron chi connectivity index (χ4n) is 5.33. The number of hydrogen-bond donors (Lipinski definition) is 3. The summed E-state index contributed by atoms with van der Waals surface area (Å²) in [7, 11) is 0. The number of fused-ring (bicyclic) bond motifs is 2. The molecule has 1 amide bonds. The second-order valence-electron chi connectivity index (χ2n) is 11.8. The van der Waals surface area contributed by atoms with Crippen molar-refractivity contribution in [3.8, 4) is 11.5 Å². The van der Waals surface area contributed by atoms with Crippen LogP contribution in [0, 0.1) is 6.92 Å². The molecule has 1 saturated carbocycles. The van der Waals surface area contributed by atoms with Crippen molar-refractivity contribution >= 4 is 22.5 Å². The van der Waals surface area contributed by atoms with E-state index in [2.05, 4.69) is 36.7 Å². The van der Waals surface area contributed by atoms with Crippen molar-refractivity contribution in [1.82, 2.24) is 4.57 Å². The Bertz CT molecular complexity index is 1360. The van der Waals surface area contributed by atoms with E-state index >= 15 is 0 Å². The molecule has 0 unspecified atom stereocenters. The molecule has 1 aliphatic heterocycles. The molecule has 2 aliphatic rings. The minimum atomic E-state index is -0.845. The Morgan fingerprint density at radius 2 is 1.83 bits per heavy atom. The van der Waals surface area contributed by atoms with Crippen molar-refractivity contribution in [1.29, 1.82) is 0 Å². The van der Waals surface area contributed by atoms with Gasteiger partial charge in [0.25, 0.3) is 0 Å². The number of carbonyl (C=O) groups excluding carboxylic acids is 1. The summed E-state index contributed by atoms with van der Waals surface area (Å²) in [6.07, 6.45) is 0.724. The molecule has 7 nitrogen and oxygen atoms in total. The normalized spacial score (nSPS) is 18.3. The number of amides is 1. The second-order valence-corrected chi connectivity index (χ2v) is 11.8. The van der Waals surface area contributed by atoms with Gasteiger partial charge in [-0.25, -0.2) is 0 Å². The minimum absolute atomic E-state index is 0. The number of aryl methyl sites for hydroxylation is 1. The molecule has 5 rings (SSSR count). The van der Waals surface area contributed by atoms with E-state index in [4.69, 9.17) is 9.47 Å². The molecule has 36 heavy (non-hydrogen) atoms. The van der Waals surface area contributed by atoms with E-state index in [1.807, 2.05) is 51.1 Å². The van der Waals surface area contributed by atoms with E-state index in [1.165, 1.54) is 0 Å². The molecule has 0 spiro atoms. The smallest absolute Gasteiger partial charge is 0.246 e. The first-order valence-corrected chi connectivity index (χ1v) is 12.6. The average molecular weight is 499 g/mol. The molecule has 1 fully saturated rings. The van der Waals surface area contributed by atoms with Crippen molar-refractivity contribution in [3.05, 3.63) is 53.2 Å². The second kappa shape index (κ2) is 8.25. The number of aliphatic hydroxyl groups is 2. The molecule has 2 aromatic carbocycles. The fourth-order valence-corrected chi connectivity index (χ4v) is 5.33. The van der Waals surface area contributed by atoms with Crippen LogP contribution >= 0.6 is 0 Å². The van der Waals surface area contributed by atoms with E-state index in [0.29, 0.717) is 18.0 Å². The van der Waals surface area contributed by atoms with Crippen LogP contribution in [0.2, 0.25) is 0 Å². The van der Waals surface area contributed by atoms with Crippen LogP contribution in [0.15, 0.2) is 36.4 Å². The van der Waals surface area contributed by atoms with Crippen molar-refractivity contribution < 1.29 is 28.8 Å². The lowest BCUT2D eigenvalue weighted by Gasteiger charge is -2.24. The largest absolute Gasteiger partial charge is 0.449 e. The molecular weight excluding hydrogens is 456 g/mol. The number of ether oxygens (including phenoxy) is 2. The lowest BCUT2D eigenvalue weighted by Crippen LogP contribution is -2.29. The molecule has 3 N–H and O–H groups in total. The highest BCUT2D eigenvalue weighted by Gasteiger charge is 2.52. The van der Waals surface area contributed by atoms with Gasteiger partial charge in [-0.2, -0.15) is 0 Å². The Morgan fingerprint density at radius 1 is 1.14 bits per heavy atom. The summed E-state index contributed by atoms with van der Waals surface area (Å²) in [6, 6.07) is 11.9. The van der Waals surface area contributed by atoms with Crippen LogP contribution in [0.25, 0.3) is 10.9 Å². The van der Waals surface area contributed by atoms with Gasteiger partial charge in [0, 0.05) is 40.3 Å². The number of hydrogen-bond acceptors (Lipinski definition) is 5. The fraction of sp³-hybridized carbons (Fsp3) is 0.483. The van der Waals surface area contributed by atoms with Crippen molar-refractivity contribution in [2.24, 2.45) is 0 Å². The van der Waals surface area contributed by atoms with Gasteiger partial charge in [-0.15, -0.1) is 0 Å². The molecule has 3 aromatic rings. The first kappa shape index (κ1) is 24.7. The van der Waals surface area contributed by atoms with E-state index < -0.39 is 17.3 Å². The molecule has 0 saturated heterocycles. The molecule has 2 heterocycles. The number of aromatic nitrogens is 1. The lowest BCUT2D eigenvalue weighted by atomic mass is 9.92. The predicted molar refractivity (Wildman–Crippen MR) is 146 cm³/mol. The van der Waals surface area contributed by atoms with E-state index in [-0.39, 0.29) is 22.2 Å². The summed E-state index contributed by atoms with van der Waals surface area (Å²) in [5.41, 5.74) is 4.04. The third-order valence-corrected chi connectivity index (χ3v) is 7.21. The summed E-state index contributed by atoms with van der Waals surface area (Å²) < 4.78 is 13.8. The lowest BCUT2D eigenvalue weighted by molar-refractivity contribution is -0.118. The predicted octanol–water partition coefficient (Wildman–Crippen LogP) is 5.52. The van der Waals surface area contributed by atoms with Crippen LogP contribution in [-0.2, 0) is 22.2 Å². The van der Waals surface area contributed by atoms with E-state index in [0.717, 1.165) is 46.3 Å². The van der Waals surface area contributed by atoms with Gasteiger partial charge in [-0.05, 0) is 61.2 Å². The zero-order valence-electron chi connectivity index (χ0n) is 21.9. The molecule has 1 atom stereocenters. The summed E-state index contributed by atoms with van der Waals surface area (Å²) >= 11 is 0. The SMILES string of the molecule is Cc1cc(NC(=O)C2(c3ccc4c(c3)OC(C)(C)O4)CC2)cc2cc(C(C)(C)C)n(C[C@@H](O)CO)c12.[HH].[HH].[HH]. The van der Waals surface area contributed by atoms with Gasteiger partial charge < -0.3 is 29.6 Å². The van der Waals surface area contributed by atoms with E-state index in [9.17, 15) is 15.0 Å². The van der Waals surface area contributed by atoms with Crippen LogP contribution in [0.4, 0.5) is 5.69 Å². The van der Waals surface area contributed by atoms with Gasteiger partial charge in [0.15, 0.2) is 11.5 Å². The van der Waals surface area contributed by atoms with Gasteiger partial charge in [0.1, 0.15) is 0 Å². The zero-order valence-corrected chi connectivity index (χ0v) is 21.9. The third kappa shape index (κ3) is 4.24. The van der Waals surface area contributed by atoms with E-state index in [1.54, 1.807) is 0 Å². The summed E-state index contributed by atoms with van der Waals surface area (Å²) in [5.74, 6) is 0.648. The number of carbonyl (C=O) groups is 1. The highest BCUT2D eigenvalue weighted by molar-refractivity contribution is 6.03. The number of rotatable bonds is 6. The van der Waals surface area contributed by atoms with Crippen molar-refractivity contribution in [2.75, 3.05) is 11.9 Å². The van der Waals surface area contributed by atoms with Crippen LogP contribution in [0.3, 0.4) is 0 Å². The summed E-state index contributed by atoms with van der Waals surface area (Å²) in [5, 5.41) is 23.8. The Morgan fingerprint density at radius 3 is 2.47 bits per heavy atom. The maximum Gasteiger partial charge on any atom is 0.246 e. The van der Waals surface area contributed by atoms with Crippen LogP contribution in [-0.4, -0.2) is 39.2 Å². The average Bonchev–Trinajstić information content (AvgIpc) is 3.41. The monoisotopic (exact) mass is 498 g/mol. The molecule has 0 bridgehead atoms. The molecule has 1 aliphatic carbocycles. The topological polar surface area (TPSA) is 93.0 Å². The molecular formula is C29H42N2O5. The van der Waals surface area contributed by atoms with Crippen LogP contribution in [0.5, 0.6) is 11.5 Å². The van der Waals surface area contributed by atoms with Crippen LogP contribution < -0.4 is 14.8 Å². The molecule has 7 heteroatoms. The molecule has 1 aromatic heterocycles. The first-order chi connectivity index (χ1) is 16.8. The number of anilines is 1. The Hall–Kier alpha value is -3.03. The Balaban J connectivity index is 0.00000178. The van der Waals surface area contributed by atoms with Gasteiger partial charge >= 0.3 is 0 Å². The van der Waals surface area contributed by atoms with Crippen molar-refractivity contribution in [2.45, 2.75) is 83.6 Å². The van der Waals surface area contributed by atoms with Crippen molar-refractivity contribution in [3.63, 3.8) is 0 Å². The zero-order chi connectivity index (χ0) is 26.0. The van der Waals surface area contributed by atoms with Gasteiger partial charge in [-0.1, -0.05) is 26.8 Å².